The average molecular weight is 382 g/mol. The van der Waals surface area contributed by atoms with E-state index in [1.54, 1.807) is 15.9 Å². The lowest BCUT2D eigenvalue weighted by atomic mass is 10.1. The third-order valence-electron chi connectivity index (χ3n) is 4.26. The highest BCUT2D eigenvalue weighted by Gasteiger charge is 2.30. The molecule has 0 unspecified atom stereocenters. The van der Waals surface area contributed by atoms with Crippen LogP contribution in [0.2, 0.25) is 0 Å². The summed E-state index contributed by atoms with van der Waals surface area (Å²) in [7, 11) is 0. The van der Waals surface area contributed by atoms with E-state index in [2.05, 4.69) is 0 Å². The van der Waals surface area contributed by atoms with Crippen molar-refractivity contribution in [2.24, 2.45) is 0 Å². The van der Waals surface area contributed by atoms with Crippen LogP contribution < -0.4 is 0 Å². The number of halogens is 3. The summed E-state index contributed by atoms with van der Waals surface area (Å²) in [6.45, 7) is 1.78. The molecule has 0 saturated carbocycles. The van der Waals surface area contributed by atoms with Crippen molar-refractivity contribution in [1.29, 1.82) is 0 Å². The monoisotopic (exact) mass is 382 g/mol. The number of nitrogens with zero attached hydrogens (tertiary/aromatic N) is 2. The molecule has 2 amide bonds. The van der Waals surface area contributed by atoms with Gasteiger partial charge in [-0.2, -0.15) is 13.2 Å². The molecule has 3 rings (SSSR count). The first-order chi connectivity index (χ1) is 12.4. The molecule has 4 nitrogen and oxygen atoms in total. The summed E-state index contributed by atoms with van der Waals surface area (Å²) >= 11 is 1.38. The zero-order valence-electron chi connectivity index (χ0n) is 13.8. The predicted molar refractivity (Wildman–Crippen MR) is 92.2 cm³/mol. The molecule has 1 aliphatic rings. The van der Waals surface area contributed by atoms with Crippen LogP contribution in [0, 0.1) is 0 Å². The molecule has 1 aromatic carbocycles. The van der Waals surface area contributed by atoms with Crippen molar-refractivity contribution in [3.8, 4) is 0 Å². The van der Waals surface area contributed by atoms with Gasteiger partial charge in [-0.1, -0.05) is 6.07 Å². The summed E-state index contributed by atoms with van der Waals surface area (Å²) in [6, 6.07) is 7.81. The maximum absolute atomic E-state index is 12.6. The molecule has 138 valence electrons. The van der Waals surface area contributed by atoms with E-state index in [0.717, 1.165) is 12.1 Å². The van der Waals surface area contributed by atoms with Gasteiger partial charge in [0.25, 0.3) is 11.8 Å². The fraction of sp³-hybridized carbons (Fsp3) is 0.333. The van der Waals surface area contributed by atoms with Crippen LogP contribution in [-0.4, -0.2) is 47.8 Å². The van der Waals surface area contributed by atoms with Crippen molar-refractivity contribution in [3.63, 3.8) is 0 Å². The van der Waals surface area contributed by atoms with Gasteiger partial charge in [-0.3, -0.25) is 9.59 Å². The minimum atomic E-state index is -4.42. The Morgan fingerprint density at radius 2 is 1.50 bits per heavy atom. The molecular weight excluding hydrogens is 365 g/mol. The van der Waals surface area contributed by atoms with E-state index in [-0.39, 0.29) is 17.4 Å². The van der Waals surface area contributed by atoms with Crippen LogP contribution in [0.5, 0.6) is 0 Å². The van der Waals surface area contributed by atoms with E-state index >= 15 is 0 Å². The third-order valence-corrected chi connectivity index (χ3v) is 5.12. The lowest BCUT2D eigenvalue weighted by Crippen LogP contribution is -2.37. The Hall–Kier alpha value is -2.35. The lowest BCUT2D eigenvalue weighted by Gasteiger charge is -2.22. The first kappa shape index (κ1) is 18.4. The number of thiophene rings is 1. The minimum Gasteiger partial charge on any atom is -0.337 e. The summed E-state index contributed by atoms with van der Waals surface area (Å²) in [4.78, 5) is 28.9. The smallest absolute Gasteiger partial charge is 0.337 e. The van der Waals surface area contributed by atoms with Gasteiger partial charge in [0.05, 0.1) is 10.4 Å². The second-order valence-corrected chi connectivity index (χ2v) is 6.94. The van der Waals surface area contributed by atoms with Crippen LogP contribution in [0.15, 0.2) is 41.8 Å². The van der Waals surface area contributed by atoms with E-state index in [1.807, 2.05) is 11.4 Å². The number of carbonyl (C=O) groups excluding carboxylic acids is 2. The fourth-order valence-corrected chi connectivity index (χ4v) is 3.55. The fourth-order valence-electron chi connectivity index (χ4n) is 2.86. The van der Waals surface area contributed by atoms with Gasteiger partial charge in [0.2, 0.25) is 0 Å². The summed E-state index contributed by atoms with van der Waals surface area (Å²) in [5.41, 5.74) is -0.561. The molecule has 8 heteroatoms. The number of carbonyl (C=O) groups is 2. The van der Waals surface area contributed by atoms with Gasteiger partial charge >= 0.3 is 6.18 Å². The highest BCUT2D eigenvalue weighted by atomic mass is 32.1. The molecule has 26 heavy (non-hydrogen) atoms. The standard InChI is InChI=1S/C18H17F3N2O2S/c19-18(20,21)14-6-4-13(5-7-14)16(24)22-8-2-9-23(11-10-22)17(25)15-3-1-12-26-15/h1,3-7,12H,2,8-11H2. The summed E-state index contributed by atoms with van der Waals surface area (Å²) in [5, 5.41) is 1.84. The number of alkyl halides is 3. The molecular formula is C18H17F3N2O2S. The zero-order valence-corrected chi connectivity index (χ0v) is 14.6. The molecule has 1 fully saturated rings. The molecule has 0 aliphatic carbocycles. The van der Waals surface area contributed by atoms with E-state index in [0.29, 0.717) is 37.5 Å². The van der Waals surface area contributed by atoms with Crippen LogP contribution >= 0.6 is 11.3 Å². The Bertz CT molecular complexity index is 773. The highest BCUT2D eigenvalue weighted by molar-refractivity contribution is 7.12. The Kier molecular flexibility index (Phi) is 5.31. The zero-order chi connectivity index (χ0) is 18.7. The Balaban J connectivity index is 1.65. The molecule has 2 aromatic rings. The Morgan fingerprint density at radius 1 is 0.885 bits per heavy atom. The normalized spacial score (nSPS) is 15.7. The third kappa shape index (κ3) is 4.07. The molecule has 0 N–H and O–H groups in total. The quantitative estimate of drug-likeness (QED) is 0.794. The molecule has 0 spiro atoms. The van der Waals surface area contributed by atoms with Crippen LogP contribution in [0.3, 0.4) is 0 Å². The van der Waals surface area contributed by atoms with Gasteiger partial charge in [-0.05, 0) is 42.1 Å². The van der Waals surface area contributed by atoms with Gasteiger partial charge in [0.1, 0.15) is 0 Å². The predicted octanol–water partition coefficient (Wildman–Crippen LogP) is 3.76. The van der Waals surface area contributed by atoms with Crippen molar-refractivity contribution in [3.05, 3.63) is 57.8 Å². The molecule has 0 atom stereocenters. The topological polar surface area (TPSA) is 40.6 Å². The number of amides is 2. The van der Waals surface area contributed by atoms with Crippen LogP contribution in [0.4, 0.5) is 13.2 Å². The van der Waals surface area contributed by atoms with Crippen molar-refractivity contribution < 1.29 is 22.8 Å². The first-order valence-electron chi connectivity index (χ1n) is 8.15. The minimum absolute atomic E-state index is 0.0520. The molecule has 2 heterocycles. The van der Waals surface area contributed by atoms with Crippen molar-refractivity contribution in [2.75, 3.05) is 26.2 Å². The van der Waals surface area contributed by atoms with E-state index in [1.165, 1.54) is 23.5 Å². The van der Waals surface area contributed by atoms with Gasteiger partial charge in [0, 0.05) is 31.7 Å². The molecule has 1 aromatic heterocycles. The second kappa shape index (κ2) is 7.49. The van der Waals surface area contributed by atoms with Gasteiger partial charge in [0.15, 0.2) is 0 Å². The summed E-state index contributed by atoms with van der Waals surface area (Å²) in [6.07, 6.45) is -3.80. The molecule has 0 bridgehead atoms. The average Bonchev–Trinajstić information content (AvgIpc) is 3.04. The highest BCUT2D eigenvalue weighted by Crippen LogP contribution is 2.29. The van der Waals surface area contributed by atoms with Gasteiger partial charge < -0.3 is 9.80 Å². The largest absolute Gasteiger partial charge is 0.416 e. The Labute approximate surface area is 152 Å². The molecule has 1 saturated heterocycles. The van der Waals surface area contributed by atoms with Crippen molar-refractivity contribution >= 4 is 23.2 Å². The Morgan fingerprint density at radius 3 is 2.04 bits per heavy atom. The first-order valence-corrected chi connectivity index (χ1v) is 9.03. The molecule has 0 radical (unpaired) electrons. The maximum atomic E-state index is 12.6. The van der Waals surface area contributed by atoms with Crippen molar-refractivity contribution in [1.82, 2.24) is 9.80 Å². The van der Waals surface area contributed by atoms with Crippen LogP contribution in [0.1, 0.15) is 32.0 Å². The number of rotatable bonds is 2. The SMILES string of the molecule is O=C(c1ccc(C(F)(F)F)cc1)N1CCCN(C(=O)c2cccs2)CC1. The number of benzene rings is 1. The van der Waals surface area contributed by atoms with Crippen molar-refractivity contribution in [2.45, 2.75) is 12.6 Å². The lowest BCUT2D eigenvalue weighted by molar-refractivity contribution is -0.137. The number of hydrogen-bond donors (Lipinski definition) is 0. The summed E-state index contributed by atoms with van der Waals surface area (Å²) < 4.78 is 37.9. The van der Waals surface area contributed by atoms with E-state index < -0.39 is 11.7 Å². The molecule has 1 aliphatic heterocycles. The summed E-state index contributed by atoms with van der Waals surface area (Å²) in [5.74, 6) is -0.368. The van der Waals surface area contributed by atoms with Crippen LogP contribution in [0.25, 0.3) is 0 Å². The second-order valence-electron chi connectivity index (χ2n) is 5.99. The van der Waals surface area contributed by atoms with Gasteiger partial charge in [-0.15, -0.1) is 11.3 Å². The maximum Gasteiger partial charge on any atom is 0.416 e. The van der Waals surface area contributed by atoms with E-state index in [9.17, 15) is 22.8 Å². The van der Waals surface area contributed by atoms with Crippen LogP contribution in [-0.2, 0) is 6.18 Å². The number of hydrogen-bond acceptors (Lipinski definition) is 3. The van der Waals surface area contributed by atoms with E-state index in [4.69, 9.17) is 0 Å². The van der Waals surface area contributed by atoms with Gasteiger partial charge in [-0.25, -0.2) is 0 Å².